The summed E-state index contributed by atoms with van der Waals surface area (Å²) in [5.74, 6) is 0. The first-order chi connectivity index (χ1) is 7.74. The molecule has 2 rings (SSSR count). The van der Waals surface area contributed by atoms with E-state index in [0.29, 0.717) is 0 Å². The van der Waals surface area contributed by atoms with Gasteiger partial charge in [-0.3, -0.25) is 0 Å². The molecule has 0 aliphatic carbocycles. The zero-order valence-corrected chi connectivity index (χ0v) is 9.77. The van der Waals surface area contributed by atoms with Crippen LogP contribution in [0.1, 0.15) is 22.3 Å². The molecule has 2 aromatic carbocycles. The first-order valence-corrected chi connectivity index (χ1v) is 5.55. The molecule has 0 aliphatic rings. The molecule has 0 aliphatic heterocycles. The third-order valence-corrected chi connectivity index (χ3v) is 2.55. The van der Waals surface area contributed by atoms with Crippen molar-refractivity contribution in [1.29, 1.82) is 0 Å². The molecule has 0 saturated heterocycles. The minimum atomic E-state index is 1.25. The Morgan fingerprint density at radius 3 is 1.50 bits per heavy atom. The van der Waals surface area contributed by atoms with Gasteiger partial charge in [0, 0.05) is 0 Å². The molecule has 0 aromatic heterocycles. The second-order valence-electron chi connectivity index (χ2n) is 4.16. The molecule has 0 unspecified atom stereocenters. The summed E-state index contributed by atoms with van der Waals surface area (Å²) >= 11 is 0. The second-order valence-corrected chi connectivity index (χ2v) is 4.16. The summed E-state index contributed by atoms with van der Waals surface area (Å²) in [4.78, 5) is 0. The van der Waals surface area contributed by atoms with E-state index in [-0.39, 0.29) is 0 Å². The molecule has 80 valence electrons. The molecule has 0 nitrogen and oxygen atoms in total. The van der Waals surface area contributed by atoms with Gasteiger partial charge in [-0.25, -0.2) is 0 Å². The Kier molecular flexibility index (Phi) is 3.21. The van der Waals surface area contributed by atoms with E-state index in [2.05, 4.69) is 74.5 Å². The number of hydrogen-bond donors (Lipinski definition) is 0. The van der Waals surface area contributed by atoms with Crippen LogP contribution in [0.25, 0.3) is 12.2 Å². The van der Waals surface area contributed by atoms with E-state index < -0.39 is 0 Å². The lowest BCUT2D eigenvalue weighted by Gasteiger charge is -1.97. The zero-order chi connectivity index (χ0) is 11.4. The maximum atomic E-state index is 2.19. The summed E-state index contributed by atoms with van der Waals surface area (Å²) < 4.78 is 0. The Labute approximate surface area is 97.3 Å². The Bertz CT molecular complexity index is 459. The van der Waals surface area contributed by atoms with Crippen LogP contribution in [-0.2, 0) is 0 Å². The minimum Gasteiger partial charge on any atom is -0.0614 e. The third kappa shape index (κ3) is 2.83. The molecule has 0 bridgehead atoms. The van der Waals surface area contributed by atoms with E-state index in [0.717, 1.165) is 0 Å². The van der Waals surface area contributed by atoms with Gasteiger partial charge in [-0.15, -0.1) is 0 Å². The summed E-state index contributed by atoms with van der Waals surface area (Å²) in [6.45, 7) is 4.23. The molecule has 16 heavy (non-hydrogen) atoms. The zero-order valence-electron chi connectivity index (χ0n) is 9.77. The summed E-state index contributed by atoms with van der Waals surface area (Å²) in [6, 6.07) is 17.0. The highest BCUT2D eigenvalue weighted by Crippen LogP contribution is 2.11. The second kappa shape index (κ2) is 4.80. The fraction of sp³-hybridized carbons (Fsp3) is 0.125. The predicted octanol–water partition coefficient (Wildman–Crippen LogP) is 4.47. The van der Waals surface area contributed by atoms with E-state index in [9.17, 15) is 0 Å². The summed E-state index contributed by atoms with van der Waals surface area (Å²) in [5, 5.41) is 0. The molecule has 0 heteroatoms. The van der Waals surface area contributed by atoms with Gasteiger partial charge in [-0.05, 0) is 25.0 Å². The standard InChI is InChI=1S/C16H16/c1-13-5-3-7-15(11-13)9-10-16-8-4-6-14(2)12-16/h3-12H,1-2H3/b10-9-. The molecule has 0 saturated carbocycles. The van der Waals surface area contributed by atoms with Gasteiger partial charge < -0.3 is 0 Å². The Hall–Kier alpha value is -1.82. The summed E-state index contributed by atoms with van der Waals surface area (Å²) in [6.07, 6.45) is 4.31. The van der Waals surface area contributed by atoms with Crippen LogP contribution in [-0.4, -0.2) is 0 Å². The van der Waals surface area contributed by atoms with Crippen molar-refractivity contribution in [3.05, 3.63) is 70.8 Å². The molecular formula is C16H16. The van der Waals surface area contributed by atoms with Gasteiger partial charge in [0.1, 0.15) is 0 Å². The lowest BCUT2D eigenvalue weighted by molar-refractivity contribution is 1.45. The molecule has 2 aromatic rings. The van der Waals surface area contributed by atoms with E-state index in [1.807, 2.05) is 0 Å². The lowest BCUT2D eigenvalue weighted by Crippen LogP contribution is -1.76. The topological polar surface area (TPSA) is 0 Å². The van der Waals surface area contributed by atoms with E-state index in [4.69, 9.17) is 0 Å². The van der Waals surface area contributed by atoms with Gasteiger partial charge in [0.2, 0.25) is 0 Å². The summed E-state index contributed by atoms with van der Waals surface area (Å²) in [7, 11) is 0. The van der Waals surface area contributed by atoms with Crippen molar-refractivity contribution >= 4 is 12.2 Å². The maximum absolute atomic E-state index is 2.19. The van der Waals surface area contributed by atoms with Crippen LogP contribution in [0.4, 0.5) is 0 Å². The molecule has 0 heterocycles. The van der Waals surface area contributed by atoms with Crippen molar-refractivity contribution in [2.24, 2.45) is 0 Å². The molecule has 0 spiro atoms. The van der Waals surface area contributed by atoms with Crippen LogP contribution >= 0.6 is 0 Å². The number of benzene rings is 2. The number of hydrogen-bond acceptors (Lipinski definition) is 0. The average Bonchev–Trinajstić information content (AvgIpc) is 2.27. The Morgan fingerprint density at radius 1 is 0.688 bits per heavy atom. The third-order valence-electron chi connectivity index (χ3n) is 2.55. The quantitative estimate of drug-likeness (QED) is 0.638. The van der Waals surface area contributed by atoms with Crippen LogP contribution in [0.2, 0.25) is 0 Å². The van der Waals surface area contributed by atoms with Gasteiger partial charge in [0.25, 0.3) is 0 Å². The average molecular weight is 208 g/mol. The van der Waals surface area contributed by atoms with Crippen LogP contribution in [0, 0.1) is 13.8 Å². The fourth-order valence-electron chi connectivity index (χ4n) is 1.74. The first-order valence-electron chi connectivity index (χ1n) is 5.55. The highest BCUT2D eigenvalue weighted by Gasteiger charge is 1.89. The minimum absolute atomic E-state index is 1.25. The monoisotopic (exact) mass is 208 g/mol. The van der Waals surface area contributed by atoms with Gasteiger partial charge in [0.15, 0.2) is 0 Å². The lowest BCUT2D eigenvalue weighted by atomic mass is 10.1. The largest absolute Gasteiger partial charge is 0.0614 e. The van der Waals surface area contributed by atoms with Crippen LogP contribution in [0.15, 0.2) is 48.5 Å². The van der Waals surface area contributed by atoms with Crippen molar-refractivity contribution in [3.63, 3.8) is 0 Å². The fourth-order valence-corrected chi connectivity index (χ4v) is 1.74. The molecule has 0 radical (unpaired) electrons. The van der Waals surface area contributed by atoms with E-state index in [1.165, 1.54) is 22.3 Å². The van der Waals surface area contributed by atoms with Gasteiger partial charge >= 0.3 is 0 Å². The normalized spacial score (nSPS) is 10.9. The summed E-state index contributed by atoms with van der Waals surface area (Å²) in [5.41, 5.74) is 5.10. The van der Waals surface area contributed by atoms with Crippen molar-refractivity contribution in [1.82, 2.24) is 0 Å². The van der Waals surface area contributed by atoms with Gasteiger partial charge in [-0.2, -0.15) is 0 Å². The smallest absolute Gasteiger partial charge is 0.0254 e. The Balaban J connectivity index is 2.21. The van der Waals surface area contributed by atoms with E-state index in [1.54, 1.807) is 0 Å². The van der Waals surface area contributed by atoms with Crippen LogP contribution in [0.5, 0.6) is 0 Å². The highest BCUT2D eigenvalue weighted by molar-refractivity contribution is 5.70. The van der Waals surface area contributed by atoms with Crippen molar-refractivity contribution < 1.29 is 0 Å². The maximum Gasteiger partial charge on any atom is -0.0254 e. The van der Waals surface area contributed by atoms with Gasteiger partial charge in [0.05, 0.1) is 0 Å². The SMILES string of the molecule is Cc1cccc(/C=C\c2cccc(C)c2)c1. The van der Waals surface area contributed by atoms with E-state index >= 15 is 0 Å². The van der Waals surface area contributed by atoms with Gasteiger partial charge in [-0.1, -0.05) is 71.8 Å². The van der Waals surface area contributed by atoms with Crippen molar-refractivity contribution in [2.75, 3.05) is 0 Å². The number of rotatable bonds is 2. The molecular weight excluding hydrogens is 192 g/mol. The number of aryl methyl sites for hydroxylation is 2. The van der Waals surface area contributed by atoms with Crippen LogP contribution < -0.4 is 0 Å². The Morgan fingerprint density at radius 2 is 1.12 bits per heavy atom. The first kappa shape index (κ1) is 10.7. The highest BCUT2D eigenvalue weighted by atomic mass is 13.9. The van der Waals surface area contributed by atoms with Crippen molar-refractivity contribution in [2.45, 2.75) is 13.8 Å². The van der Waals surface area contributed by atoms with Crippen LogP contribution in [0.3, 0.4) is 0 Å². The molecule has 0 atom stereocenters. The predicted molar refractivity (Wildman–Crippen MR) is 71.3 cm³/mol. The molecule has 0 N–H and O–H groups in total. The molecule has 0 fully saturated rings. The molecule has 0 amide bonds. The van der Waals surface area contributed by atoms with Crippen molar-refractivity contribution in [3.8, 4) is 0 Å².